The summed E-state index contributed by atoms with van der Waals surface area (Å²) < 4.78 is 28.7. The van der Waals surface area contributed by atoms with Gasteiger partial charge in [0.05, 0.1) is 11.1 Å². The minimum Gasteiger partial charge on any atom is -0.486 e. The summed E-state index contributed by atoms with van der Waals surface area (Å²) in [5, 5.41) is 5.27. The third kappa shape index (κ3) is 6.49. The van der Waals surface area contributed by atoms with Crippen molar-refractivity contribution < 1.29 is 23.5 Å². The molecule has 2 aromatic rings. The molecule has 4 rings (SSSR count). The van der Waals surface area contributed by atoms with Gasteiger partial charge in [-0.15, -0.1) is 0 Å². The van der Waals surface area contributed by atoms with Gasteiger partial charge in [0.25, 0.3) is 0 Å². The van der Waals surface area contributed by atoms with Crippen LogP contribution in [0.25, 0.3) is 0 Å². The minimum absolute atomic E-state index is 0.00292. The van der Waals surface area contributed by atoms with Crippen LogP contribution in [-0.4, -0.2) is 49.0 Å². The Morgan fingerprint density at radius 3 is 2.62 bits per heavy atom. The van der Waals surface area contributed by atoms with E-state index in [-0.39, 0.29) is 17.0 Å². The minimum atomic E-state index is -0.497. The second-order valence-electron chi connectivity index (χ2n) is 7.13. The van der Waals surface area contributed by atoms with E-state index in [9.17, 15) is 14.0 Å². The van der Waals surface area contributed by atoms with E-state index in [1.54, 1.807) is 6.07 Å². The molecule has 172 valence electrons. The number of nitrogens with one attached hydrogen (secondary N) is 3. The molecule has 1 fully saturated rings. The molecule has 11 heteroatoms. The average Bonchev–Trinajstić information content (AvgIpc) is 2.79. The van der Waals surface area contributed by atoms with Gasteiger partial charge in [0.2, 0.25) is 12.3 Å². The van der Waals surface area contributed by atoms with Gasteiger partial charge in [0, 0.05) is 35.6 Å². The zero-order valence-electron chi connectivity index (χ0n) is 17.6. The smallest absolute Gasteiger partial charge is 0.242 e. The molecule has 0 radical (unpaired) electrons. The average molecular weight is 483 g/mol. The molecule has 1 saturated heterocycles. The predicted octanol–water partition coefficient (Wildman–Crippen LogP) is 3.69. The number of hydrogen-bond donors (Lipinski definition) is 3. The second kappa shape index (κ2) is 11.4. The molecule has 0 aliphatic carbocycles. The fourth-order valence-electron chi connectivity index (χ4n) is 2.94. The van der Waals surface area contributed by atoms with Crippen LogP contribution in [0.5, 0.6) is 11.5 Å². The summed E-state index contributed by atoms with van der Waals surface area (Å²) in [6.45, 7) is 3.21. The molecular formula is C21H24ClFN4O4S. The molecule has 0 aromatic heterocycles. The molecule has 0 bridgehead atoms. The van der Waals surface area contributed by atoms with Crippen LogP contribution in [0.3, 0.4) is 0 Å². The lowest BCUT2D eigenvalue weighted by Crippen LogP contribution is -2.47. The third-order valence-electron chi connectivity index (χ3n) is 4.81. The van der Waals surface area contributed by atoms with Crippen LogP contribution >= 0.6 is 23.7 Å². The fourth-order valence-corrected chi connectivity index (χ4v) is 3.88. The number of halogens is 2. The van der Waals surface area contributed by atoms with Gasteiger partial charge in [-0.05, 0) is 50.7 Å². The number of ether oxygens (including phenoxy) is 2. The number of carbonyl (C=O) groups excluding carboxylic acids is 2. The maximum Gasteiger partial charge on any atom is 0.242 e. The van der Waals surface area contributed by atoms with E-state index >= 15 is 0 Å². The summed E-state index contributed by atoms with van der Waals surface area (Å²) in [5.74, 6) is 0.876. The Balaban J connectivity index is 0.000000222. The highest BCUT2D eigenvalue weighted by Crippen LogP contribution is 2.32. The van der Waals surface area contributed by atoms with E-state index in [2.05, 4.69) is 26.6 Å². The van der Waals surface area contributed by atoms with E-state index in [1.807, 2.05) is 19.2 Å². The van der Waals surface area contributed by atoms with E-state index in [1.165, 1.54) is 30.3 Å². The van der Waals surface area contributed by atoms with Gasteiger partial charge in [-0.1, -0.05) is 11.6 Å². The number of anilines is 2. The summed E-state index contributed by atoms with van der Waals surface area (Å²) in [6.07, 6.45) is 1.28. The van der Waals surface area contributed by atoms with Crippen LogP contribution < -0.4 is 24.8 Å². The van der Waals surface area contributed by atoms with Gasteiger partial charge in [0.1, 0.15) is 19.0 Å². The Morgan fingerprint density at radius 1 is 1.22 bits per heavy atom. The lowest BCUT2D eigenvalue weighted by Gasteiger charge is -2.33. The van der Waals surface area contributed by atoms with E-state index in [0.29, 0.717) is 37.1 Å². The lowest BCUT2D eigenvalue weighted by molar-refractivity contribution is -0.118. The second-order valence-corrected chi connectivity index (χ2v) is 8.53. The number of hydrogen-bond acceptors (Lipinski definition) is 7. The number of rotatable bonds is 4. The summed E-state index contributed by atoms with van der Waals surface area (Å²) in [6, 6.07) is 9.56. The Hall–Kier alpha value is -2.53. The van der Waals surface area contributed by atoms with Gasteiger partial charge in [0.15, 0.2) is 11.5 Å². The Morgan fingerprint density at radius 2 is 1.94 bits per heavy atom. The molecule has 0 spiro atoms. The molecule has 2 aromatic carbocycles. The van der Waals surface area contributed by atoms with Crippen molar-refractivity contribution in [3.05, 3.63) is 47.2 Å². The number of carbonyl (C=O) groups is 2. The molecule has 2 amide bonds. The van der Waals surface area contributed by atoms with E-state index in [0.717, 1.165) is 17.9 Å². The number of benzene rings is 2. The van der Waals surface area contributed by atoms with Gasteiger partial charge in [-0.3, -0.25) is 9.59 Å². The Labute approximate surface area is 195 Å². The topological polar surface area (TPSA) is 91.9 Å². The molecule has 8 nitrogen and oxygen atoms in total. The maximum atomic E-state index is 12.5. The third-order valence-corrected chi connectivity index (χ3v) is 6.14. The molecule has 2 aliphatic heterocycles. The van der Waals surface area contributed by atoms with Crippen LogP contribution in [0.15, 0.2) is 36.4 Å². The molecule has 32 heavy (non-hydrogen) atoms. The van der Waals surface area contributed by atoms with Gasteiger partial charge >= 0.3 is 0 Å². The fraction of sp³-hybridized carbons (Fsp3) is 0.333. The van der Waals surface area contributed by atoms with Crippen LogP contribution in [0.4, 0.5) is 15.8 Å². The SMILES string of the molecule is CC1CC(C(=O)Nc2ccc3c(c2)OCCO3)NSN1C.O=CNc1ccc(F)c(Cl)c1. The summed E-state index contributed by atoms with van der Waals surface area (Å²) in [5.41, 5.74) is 1.20. The van der Waals surface area contributed by atoms with Crippen molar-refractivity contribution in [2.75, 3.05) is 30.9 Å². The lowest BCUT2D eigenvalue weighted by atomic mass is 10.1. The normalized spacial score (nSPS) is 19.9. The summed E-state index contributed by atoms with van der Waals surface area (Å²) >= 11 is 6.89. The number of nitrogens with zero attached hydrogens (tertiary/aromatic N) is 1. The van der Waals surface area contributed by atoms with E-state index in [4.69, 9.17) is 21.1 Å². The maximum absolute atomic E-state index is 12.5. The van der Waals surface area contributed by atoms with Crippen molar-refractivity contribution in [2.24, 2.45) is 0 Å². The van der Waals surface area contributed by atoms with Crippen molar-refractivity contribution in [1.29, 1.82) is 0 Å². The molecule has 0 saturated carbocycles. The predicted molar refractivity (Wildman–Crippen MR) is 124 cm³/mol. The van der Waals surface area contributed by atoms with Gasteiger partial charge < -0.3 is 20.1 Å². The van der Waals surface area contributed by atoms with Crippen LogP contribution in [-0.2, 0) is 9.59 Å². The van der Waals surface area contributed by atoms with Crippen molar-refractivity contribution >= 4 is 47.4 Å². The van der Waals surface area contributed by atoms with Crippen molar-refractivity contribution in [2.45, 2.75) is 25.4 Å². The first-order valence-electron chi connectivity index (χ1n) is 9.88. The molecular weight excluding hydrogens is 459 g/mol. The van der Waals surface area contributed by atoms with Crippen molar-refractivity contribution in [3.63, 3.8) is 0 Å². The molecule has 2 heterocycles. The first-order valence-corrected chi connectivity index (χ1v) is 11.0. The molecule has 2 unspecified atom stereocenters. The first-order chi connectivity index (χ1) is 15.4. The molecule has 2 atom stereocenters. The standard InChI is InChI=1S/C14H19N3O3S.C7H5ClFNO/c1-9-7-11(16-21-17(9)2)14(18)15-10-3-4-12-13(8-10)20-6-5-19-12;8-6-3-5(10-4-11)1-2-7(6)9/h3-4,8-9,11,16H,5-7H2,1-2H3,(H,15,18);1-4H,(H,10,11). The summed E-state index contributed by atoms with van der Waals surface area (Å²) in [7, 11) is 2.01. The zero-order valence-corrected chi connectivity index (χ0v) is 19.1. The highest BCUT2D eigenvalue weighted by atomic mass is 35.5. The molecule has 2 aliphatic rings. The summed E-state index contributed by atoms with van der Waals surface area (Å²) in [4.78, 5) is 22.2. The monoisotopic (exact) mass is 482 g/mol. The first kappa shape index (κ1) is 24.1. The highest BCUT2D eigenvalue weighted by Gasteiger charge is 2.28. The Kier molecular flexibility index (Phi) is 8.57. The van der Waals surface area contributed by atoms with E-state index < -0.39 is 5.82 Å². The molecule has 3 N–H and O–H groups in total. The number of amides is 2. The zero-order chi connectivity index (χ0) is 23.1. The quantitative estimate of drug-likeness (QED) is 0.452. The Bertz CT molecular complexity index is 967. The van der Waals surface area contributed by atoms with Crippen LogP contribution in [0.2, 0.25) is 5.02 Å². The van der Waals surface area contributed by atoms with Crippen molar-refractivity contribution in [3.8, 4) is 11.5 Å². The van der Waals surface area contributed by atoms with Gasteiger partial charge in [-0.25, -0.2) is 13.4 Å². The van der Waals surface area contributed by atoms with Gasteiger partial charge in [-0.2, -0.15) is 0 Å². The highest BCUT2D eigenvalue weighted by molar-refractivity contribution is 7.95. The van der Waals surface area contributed by atoms with Crippen molar-refractivity contribution in [1.82, 2.24) is 9.03 Å². The van der Waals surface area contributed by atoms with Crippen LogP contribution in [0.1, 0.15) is 13.3 Å². The van der Waals surface area contributed by atoms with Crippen LogP contribution in [0, 0.1) is 5.82 Å². The largest absolute Gasteiger partial charge is 0.486 e. The number of fused-ring (bicyclic) bond motifs is 1.